The highest BCUT2D eigenvalue weighted by Crippen LogP contribution is 2.20. The lowest BCUT2D eigenvalue weighted by Crippen LogP contribution is -2.41. The van der Waals surface area contributed by atoms with Crippen molar-refractivity contribution in [2.45, 2.75) is 38.5 Å². The average Bonchev–Trinajstić information content (AvgIpc) is 3.04. The third-order valence-corrected chi connectivity index (χ3v) is 3.20. The van der Waals surface area contributed by atoms with E-state index in [1.165, 1.54) is 12.8 Å². The number of hydrogen-bond donors (Lipinski definition) is 1. The van der Waals surface area contributed by atoms with Gasteiger partial charge in [0.25, 0.3) is 6.01 Å². The van der Waals surface area contributed by atoms with Crippen LogP contribution in [0.1, 0.15) is 25.5 Å². The molecule has 5 heteroatoms. The molecule has 94 valence electrons. The first-order valence-electron chi connectivity index (χ1n) is 6.35. The molecule has 2 aliphatic rings. The van der Waals surface area contributed by atoms with E-state index in [1.54, 1.807) is 6.26 Å². The van der Waals surface area contributed by atoms with Crippen LogP contribution in [0.25, 0.3) is 0 Å². The Balaban J connectivity index is 1.58. The first-order chi connectivity index (χ1) is 8.31. The number of nitrogens with one attached hydrogen (secondary N) is 1. The molecule has 3 rings (SSSR count). The summed E-state index contributed by atoms with van der Waals surface area (Å²) in [5.41, 5.74) is 0.992. The maximum atomic E-state index is 5.52. The summed E-state index contributed by atoms with van der Waals surface area (Å²) in [7, 11) is 0. The quantitative estimate of drug-likeness (QED) is 0.851. The van der Waals surface area contributed by atoms with Crippen molar-refractivity contribution in [1.82, 2.24) is 10.3 Å². The molecule has 1 aromatic rings. The zero-order chi connectivity index (χ0) is 11.7. The first kappa shape index (κ1) is 11.0. The van der Waals surface area contributed by atoms with Crippen LogP contribution in [-0.4, -0.2) is 36.8 Å². The molecule has 1 saturated heterocycles. The molecule has 1 aromatic heterocycles. The van der Waals surface area contributed by atoms with Gasteiger partial charge in [-0.05, 0) is 19.8 Å². The molecular formula is C12H19N3O2. The van der Waals surface area contributed by atoms with Gasteiger partial charge >= 0.3 is 0 Å². The van der Waals surface area contributed by atoms with Gasteiger partial charge in [-0.3, -0.25) is 0 Å². The van der Waals surface area contributed by atoms with Crippen molar-refractivity contribution in [3.8, 4) is 0 Å². The third-order valence-electron chi connectivity index (χ3n) is 3.20. The van der Waals surface area contributed by atoms with Crippen molar-refractivity contribution < 1.29 is 9.15 Å². The van der Waals surface area contributed by atoms with Gasteiger partial charge < -0.3 is 19.4 Å². The second-order valence-corrected chi connectivity index (χ2v) is 4.90. The first-order valence-corrected chi connectivity index (χ1v) is 6.35. The molecule has 0 bridgehead atoms. The molecule has 0 radical (unpaired) electrons. The number of aromatic nitrogens is 1. The van der Waals surface area contributed by atoms with Crippen LogP contribution in [0, 0.1) is 0 Å². The van der Waals surface area contributed by atoms with Crippen LogP contribution in [0.15, 0.2) is 10.7 Å². The Hall–Kier alpha value is -1.07. The van der Waals surface area contributed by atoms with Gasteiger partial charge in [0.15, 0.2) is 0 Å². The number of oxazole rings is 1. The van der Waals surface area contributed by atoms with Crippen LogP contribution in [-0.2, 0) is 11.3 Å². The minimum absolute atomic E-state index is 0.253. The molecule has 1 unspecified atom stereocenters. The monoisotopic (exact) mass is 237 g/mol. The predicted octanol–water partition coefficient (Wildman–Crippen LogP) is 1.15. The van der Waals surface area contributed by atoms with E-state index in [4.69, 9.17) is 9.15 Å². The van der Waals surface area contributed by atoms with Crippen LogP contribution in [0.3, 0.4) is 0 Å². The lowest BCUT2D eigenvalue weighted by Gasteiger charge is -2.29. The Morgan fingerprint density at radius 2 is 2.41 bits per heavy atom. The van der Waals surface area contributed by atoms with E-state index >= 15 is 0 Å². The lowest BCUT2D eigenvalue weighted by atomic mass is 10.3. The van der Waals surface area contributed by atoms with Gasteiger partial charge in [0.2, 0.25) is 0 Å². The molecule has 1 saturated carbocycles. The zero-order valence-corrected chi connectivity index (χ0v) is 10.2. The molecular weight excluding hydrogens is 218 g/mol. The summed E-state index contributed by atoms with van der Waals surface area (Å²) in [5, 5.41) is 3.43. The van der Waals surface area contributed by atoms with E-state index in [-0.39, 0.29) is 6.10 Å². The molecule has 2 fully saturated rings. The number of nitrogens with zero attached hydrogens (tertiary/aromatic N) is 2. The van der Waals surface area contributed by atoms with Gasteiger partial charge in [-0.1, -0.05) is 0 Å². The van der Waals surface area contributed by atoms with Gasteiger partial charge in [0, 0.05) is 25.7 Å². The lowest BCUT2D eigenvalue weighted by molar-refractivity contribution is 0.0514. The van der Waals surface area contributed by atoms with Crippen LogP contribution in [0.4, 0.5) is 6.01 Å². The summed E-state index contributed by atoms with van der Waals surface area (Å²) < 4.78 is 11.0. The number of morpholine rings is 1. The molecule has 0 amide bonds. The minimum Gasteiger partial charge on any atom is -0.432 e. The van der Waals surface area contributed by atoms with Crippen molar-refractivity contribution >= 4 is 6.01 Å². The normalized spacial score (nSPS) is 25.2. The van der Waals surface area contributed by atoms with Crippen LogP contribution in [0.2, 0.25) is 0 Å². The summed E-state index contributed by atoms with van der Waals surface area (Å²) in [6.07, 6.45) is 4.60. The molecule has 1 aliphatic heterocycles. The number of ether oxygens (including phenoxy) is 1. The van der Waals surface area contributed by atoms with E-state index in [9.17, 15) is 0 Å². The van der Waals surface area contributed by atoms with Crippen molar-refractivity contribution in [3.05, 3.63) is 12.0 Å². The fourth-order valence-electron chi connectivity index (χ4n) is 2.05. The highest BCUT2D eigenvalue weighted by molar-refractivity contribution is 5.27. The van der Waals surface area contributed by atoms with Gasteiger partial charge in [-0.2, -0.15) is 4.98 Å². The Bertz CT molecular complexity index is 376. The smallest absolute Gasteiger partial charge is 0.297 e. The Morgan fingerprint density at radius 1 is 1.53 bits per heavy atom. The molecule has 1 atom stereocenters. The van der Waals surface area contributed by atoms with Crippen LogP contribution < -0.4 is 10.2 Å². The summed E-state index contributed by atoms with van der Waals surface area (Å²) in [5.74, 6) is 0. The topological polar surface area (TPSA) is 50.5 Å². The van der Waals surface area contributed by atoms with E-state index in [2.05, 4.69) is 22.1 Å². The van der Waals surface area contributed by atoms with E-state index in [0.29, 0.717) is 6.04 Å². The third kappa shape index (κ3) is 2.79. The standard InChI is InChI=1S/C12H19N3O2/c1-9-7-15(4-5-16-9)12-14-11(8-17-12)6-13-10-2-3-10/h8-10,13H,2-7H2,1H3. The summed E-state index contributed by atoms with van der Waals surface area (Å²) in [6.45, 7) is 5.36. The number of anilines is 1. The van der Waals surface area contributed by atoms with E-state index in [1.807, 2.05) is 0 Å². The zero-order valence-electron chi connectivity index (χ0n) is 10.2. The van der Waals surface area contributed by atoms with Crippen LogP contribution >= 0.6 is 0 Å². The van der Waals surface area contributed by atoms with Crippen molar-refractivity contribution in [2.75, 3.05) is 24.6 Å². The molecule has 0 aromatic carbocycles. The summed E-state index contributed by atoms with van der Waals surface area (Å²) >= 11 is 0. The molecule has 0 spiro atoms. The highest BCUT2D eigenvalue weighted by atomic mass is 16.5. The van der Waals surface area contributed by atoms with Crippen LogP contribution in [0.5, 0.6) is 0 Å². The highest BCUT2D eigenvalue weighted by Gasteiger charge is 2.22. The molecule has 1 N–H and O–H groups in total. The maximum absolute atomic E-state index is 5.52. The number of rotatable bonds is 4. The largest absolute Gasteiger partial charge is 0.432 e. The van der Waals surface area contributed by atoms with Crippen molar-refractivity contribution in [2.24, 2.45) is 0 Å². The summed E-state index contributed by atoms with van der Waals surface area (Å²) in [4.78, 5) is 6.66. The molecule has 5 nitrogen and oxygen atoms in total. The molecule has 2 heterocycles. The average molecular weight is 237 g/mol. The number of hydrogen-bond acceptors (Lipinski definition) is 5. The fraction of sp³-hybridized carbons (Fsp3) is 0.750. The van der Waals surface area contributed by atoms with Gasteiger partial charge in [0.05, 0.1) is 18.4 Å². The van der Waals surface area contributed by atoms with Gasteiger partial charge in [-0.25, -0.2) is 0 Å². The summed E-state index contributed by atoms with van der Waals surface area (Å²) in [6, 6.07) is 1.44. The Labute approximate surface area is 101 Å². The SMILES string of the molecule is CC1CN(c2nc(CNC3CC3)co2)CCO1. The van der Waals surface area contributed by atoms with Crippen molar-refractivity contribution in [3.63, 3.8) is 0 Å². The fourth-order valence-corrected chi connectivity index (χ4v) is 2.05. The maximum Gasteiger partial charge on any atom is 0.297 e. The van der Waals surface area contributed by atoms with Gasteiger partial charge in [0.1, 0.15) is 6.26 Å². The van der Waals surface area contributed by atoms with Crippen molar-refractivity contribution in [1.29, 1.82) is 0 Å². The molecule has 1 aliphatic carbocycles. The van der Waals surface area contributed by atoms with Gasteiger partial charge in [-0.15, -0.1) is 0 Å². The minimum atomic E-state index is 0.253. The second kappa shape index (κ2) is 4.66. The second-order valence-electron chi connectivity index (χ2n) is 4.90. The van der Waals surface area contributed by atoms with E-state index in [0.717, 1.165) is 37.9 Å². The van der Waals surface area contributed by atoms with E-state index < -0.39 is 0 Å². The Morgan fingerprint density at radius 3 is 3.18 bits per heavy atom. The molecule has 17 heavy (non-hydrogen) atoms. The Kier molecular flexibility index (Phi) is 3.03. The predicted molar refractivity (Wildman–Crippen MR) is 64.0 cm³/mol.